The van der Waals surface area contributed by atoms with Crippen molar-refractivity contribution in [3.05, 3.63) is 65.2 Å². The van der Waals surface area contributed by atoms with E-state index in [1.165, 1.54) is 37.3 Å². The fourth-order valence-corrected chi connectivity index (χ4v) is 4.49. The molecule has 1 amide bonds. The molecule has 4 rings (SSSR count). The van der Waals surface area contributed by atoms with Crippen LogP contribution in [0, 0.1) is 25.6 Å². The largest absolute Gasteiger partial charge is 0.466 e. The number of amides is 1. The topological polar surface area (TPSA) is 80.6 Å². The van der Waals surface area contributed by atoms with E-state index in [1.807, 2.05) is 20.8 Å². The van der Waals surface area contributed by atoms with Gasteiger partial charge in [-0.1, -0.05) is 44.4 Å². The Kier molecular flexibility index (Phi) is 12.7. The predicted molar refractivity (Wildman–Crippen MR) is 147 cm³/mol. The van der Waals surface area contributed by atoms with E-state index in [4.69, 9.17) is 4.42 Å². The van der Waals surface area contributed by atoms with Crippen molar-refractivity contribution < 1.29 is 23.1 Å². The molecule has 1 saturated carbocycles. The Morgan fingerprint density at radius 1 is 1.14 bits per heavy atom. The van der Waals surface area contributed by atoms with Crippen molar-refractivity contribution in [2.24, 2.45) is 5.92 Å². The Labute approximate surface area is 220 Å². The van der Waals surface area contributed by atoms with E-state index >= 15 is 0 Å². The van der Waals surface area contributed by atoms with Gasteiger partial charge in [0.25, 0.3) is 0 Å². The van der Waals surface area contributed by atoms with E-state index in [1.54, 1.807) is 19.1 Å². The van der Waals surface area contributed by atoms with Crippen LogP contribution in [0.5, 0.6) is 0 Å². The van der Waals surface area contributed by atoms with E-state index < -0.39 is 0 Å². The lowest BCUT2D eigenvalue weighted by molar-refractivity contribution is -0.142. The van der Waals surface area contributed by atoms with Gasteiger partial charge in [0.1, 0.15) is 17.2 Å². The molecule has 2 aromatic carbocycles. The first-order chi connectivity index (χ1) is 17.9. The van der Waals surface area contributed by atoms with Gasteiger partial charge in [-0.15, -0.1) is 0 Å². The van der Waals surface area contributed by atoms with Crippen LogP contribution in [0.25, 0.3) is 11.0 Å². The number of anilines is 1. The lowest BCUT2D eigenvalue weighted by atomic mass is 9.93. The summed E-state index contributed by atoms with van der Waals surface area (Å²) in [6.07, 6.45) is 5.74. The van der Waals surface area contributed by atoms with Crippen LogP contribution in [0.15, 0.2) is 46.9 Å². The molecule has 6 nitrogen and oxygen atoms in total. The van der Waals surface area contributed by atoms with Crippen molar-refractivity contribution in [3.63, 3.8) is 0 Å². The second kappa shape index (κ2) is 15.7. The van der Waals surface area contributed by atoms with Crippen molar-refractivity contribution in [1.82, 2.24) is 5.32 Å². The molecule has 0 saturated heterocycles. The van der Waals surface area contributed by atoms with Crippen molar-refractivity contribution >= 4 is 29.0 Å². The summed E-state index contributed by atoms with van der Waals surface area (Å²) in [5, 5.41) is 6.93. The number of aryl methyl sites for hydroxylation is 2. The van der Waals surface area contributed by atoms with Gasteiger partial charge >= 0.3 is 5.97 Å². The van der Waals surface area contributed by atoms with Gasteiger partial charge in [-0.3, -0.25) is 9.59 Å². The molecule has 1 aliphatic rings. The molecule has 0 bridgehead atoms. The average Bonchev–Trinajstić information content (AvgIpc) is 3.54. The molecule has 1 atom stereocenters. The lowest BCUT2D eigenvalue weighted by Gasteiger charge is -2.25. The number of carbonyl (C=O) groups excluding carboxylic acids is 2. The zero-order chi connectivity index (χ0) is 27.2. The molecule has 1 fully saturated rings. The van der Waals surface area contributed by atoms with Crippen LogP contribution in [0.4, 0.5) is 10.1 Å². The summed E-state index contributed by atoms with van der Waals surface area (Å²) in [7, 11) is 0. The van der Waals surface area contributed by atoms with Gasteiger partial charge in [0.2, 0.25) is 6.41 Å². The molecule has 2 N–H and O–H groups in total. The number of fused-ring (bicyclic) bond motifs is 1. The quantitative estimate of drug-likeness (QED) is 0.179. The summed E-state index contributed by atoms with van der Waals surface area (Å²) in [6.45, 7) is 10.6. The van der Waals surface area contributed by atoms with Gasteiger partial charge in [0, 0.05) is 23.2 Å². The first-order valence-corrected chi connectivity index (χ1v) is 13.3. The smallest absolute Gasteiger partial charge is 0.307 e. The van der Waals surface area contributed by atoms with Crippen molar-refractivity contribution in [2.75, 3.05) is 18.5 Å². The molecule has 0 spiro atoms. The monoisotopic (exact) mass is 512 g/mol. The van der Waals surface area contributed by atoms with E-state index in [0.717, 1.165) is 28.0 Å². The van der Waals surface area contributed by atoms with Gasteiger partial charge in [-0.05, 0) is 69.9 Å². The molecule has 37 heavy (non-hydrogen) atoms. The normalized spacial score (nSPS) is 13.6. The molecule has 3 aromatic rings. The van der Waals surface area contributed by atoms with E-state index in [9.17, 15) is 14.0 Å². The number of hydrogen-bond acceptors (Lipinski definition) is 5. The zero-order valence-corrected chi connectivity index (χ0v) is 22.7. The maximum atomic E-state index is 13.7. The number of carbonyl (C=O) groups is 2. The van der Waals surface area contributed by atoms with Gasteiger partial charge < -0.3 is 19.8 Å². The van der Waals surface area contributed by atoms with Gasteiger partial charge in [0.05, 0.1) is 19.1 Å². The van der Waals surface area contributed by atoms with Crippen molar-refractivity contribution in [3.8, 4) is 0 Å². The first-order valence-electron chi connectivity index (χ1n) is 13.3. The van der Waals surface area contributed by atoms with Crippen LogP contribution in [0.2, 0.25) is 0 Å². The highest BCUT2D eigenvalue weighted by atomic mass is 19.1. The average molecular weight is 513 g/mol. The highest BCUT2D eigenvalue weighted by Gasteiger charge is 2.30. The minimum Gasteiger partial charge on any atom is -0.466 e. The highest BCUT2D eigenvalue weighted by Crippen LogP contribution is 2.41. The van der Waals surface area contributed by atoms with Crippen molar-refractivity contribution in [1.29, 1.82) is 0 Å². The molecular weight excluding hydrogens is 471 g/mol. The maximum absolute atomic E-state index is 13.7. The standard InChI is InChI=1S/C22H24FNO.C6H11NO3.C2H6/c1-14-7-10-18(11-8-14)24-21(16-5-3-4-6-16)22-15(2)19-13-17(23)9-12-20(19)25-22;1-2-10-6(9)3-4-7-5-8;1-2/h7-13,16,21,24H,3-6H2,1-2H3;5H,2-4H2,1H3,(H,7,8);1-2H3. The molecule has 1 aromatic heterocycles. The summed E-state index contributed by atoms with van der Waals surface area (Å²) in [5.41, 5.74) is 4.17. The number of furan rings is 1. The number of benzene rings is 2. The van der Waals surface area contributed by atoms with Crippen LogP contribution in [-0.4, -0.2) is 25.5 Å². The predicted octanol–water partition coefficient (Wildman–Crippen LogP) is 7.24. The fraction of sp³-hybridized carbons (Fsp3) is 0.467. The van der Waals surface area contributed by atoms with Crippen molar-refractivity contribution in [2.45, 2.75) is 72.8 Å². The number of rotatable bonds is 9. The summed E-state index contributed by atoms with van der Waals surface area (Å²) in [4.78, 5) is 20.2. The molecule has 0 aliphatic heterocycles. The summed E-state index contributed by atoms with van der Waals surface area (Å²) in [6, 6.07) is 13.4. The van der Waals surface area contributed by atoms with Crippen LogP contribution in [-0.2, 0) is 14.3 Å². The Hall–Kier alpha value is -3.35. The van der Waals surface area contributed by atoms with E-state index in [0.29, 0.717) is 25.5 Å². The van der Waals surface area contributed by atoms with Crippen LogP contribution in [0.1, 0.15) is 75.8 Å². The third-order valence-electron chi connectivity index (χ3n) is 6.32. The third-order valence-corrected chi connectivity index (χ3v) is 6.32. The molecular formula is C30H41FN2O4. The minimum absolute atomic E-state index is 0.126. The fourth-order valence-electron chi connectivity index (χ4n) is 4.49. The lowest BCUT2D eigenvalue weighted by Crippen LogP contribution is -2.19. The SMILES string of the molecule is CC.CCOC(=O)CCNC=O.Cc1ccc(NC(c2oc3ccc(F)cc3c2C)C2CCCC2)cc1. The Bertz CT molecular complexity index is 1100. The van der Waals surface area contributed by atoms with Gasteiger partial charge in [-0.25, -0.2) is 4.39 Å². The molecule has 1 heterocycles. The number of halogens is 1. The molecule has 7 heteroatoms. The molecule has 1 unspecified atom stereocenters. The number of ether oxygens (including phenoxy) is 1. The second-order valence-electron chi connectivity index (χ2n) is 8.89. The zero-order valence-electron chi connectivity index (χ0n) is 22.7. The summed E-state index contributed by atoms with van der Waals surface area (Å²) < 4.78 is 24.4. The third kappa shape index (κ3) is 8.92. The molecule has 0 radical (unpaired) electrons. The van der Waals surface area contributed by atoms with Crippen LogP contribution in [0.3, 0.4) is 0 Å². The number of nitrogens with one attached hydrogen (secondary N) is 2. The minimum atomic E-state index is -0.281. The molecule has 202 valence electrons. The van der Waals surface area contributed by atoms with Gasteiger partial charge in [0.15, 0.2) is 0 Å². The Morgan fingerprint density at radius 3 is 2.43 bits per heavy atom. The summed E-state index contributed by atoms with van der Waals surface area (Å²) in [5.74, 6) is 1.00. The van der Waals surface area contributed by atoms with Crippen LogP contribution >= 0.6 is 0 Å². The highest BCUT2D eigenvalue weighted by molar-refractivity contribution is 5.82. The maximum Gasteiger partial charge on any atom is 0.307 e. The summed E-state index contributed by atoms with van der Waals surface area (Å²) >= 11 is 0. The number of esters is 1. The Morgan fingerprint density at radius 2 is 1.81 bits per heavy atom. The second-order valence-corrected chi connectivity index (χ2v) is 8.89. The van der Waals surface area contributed by atoms with Gasteiger partial charge in [-0.2, -0.15) is 0 Å². The van der Waals surface area contributed by atoms with E-state index in [-0.39, 0.29) is 24.2 Å². The Balaban J connectivity index is 0.000000341. The van der Waals surface area contributed by atoms with E-state index in [2.05, 4.69) is 46.6 Å². The number of hydrogen-bond donors (Lipinski definition) is 2. The first kappa shape index (κ1) is 29.9. The molecule has 1 aliphatic carbocycles. The van der Waals surface area contributed by atoms with Crippen LogP contribution < -0.4 is 10.6 Å².